The van der Waals surface area contributed by atoms with Gasteiger partial charge in [-0.25, -0.2) is 0 Å². The minimum Gasteiger partial charge on any atom is -0.399 e. The van der Waals surface area contributed by atoms with Gasteiger partial charge in [-0.1, -0.05) is 6.07 Å². The van der Waals surface area contributed by atoms with E-state index in [0.29, 0.717) is 11.3 Å². The van der Waals surface area contributed by atoms with Gasteiger partial charge < -0.3 is 21.7 Å². The molecule has 1 aromatic rings. The van der Waals surface area contributed by atoms with Gasteiger partial charge in [0.15, 0.2) is 6.10 Å². The predicted octanol–water partition coefficient (Wildman–Crippen LogP) is -0.543. The van der Waals surface area contributed by atoms with Crippen LogP contribution in [0.3, 0.4) is 0 Å². The summed E-state index contributed by atoms with van der Waals surface area (Å²) in [6.45, 7) is 1.79. The van der Waals surface area contributed by atoms with Crippen molar-refractivity contribution in [2.24, 2.45) is 5.73 Å². The minimum atomic E-state index is -1.62. The molecule has 2 unspecified atom stereocenters. The summed E-state index contributed by atoms with van der Waals surface area (Å²) in [5.74, 6) is -0.970. The van der Waals surface area contributed by atoms with Gasteiger partial charge in [0.2, 0.25) is 5.91 Å². The van der Waals surface area contributed by atoms with Gasteiger partial charge in [0.1, 0.15) is 6.10 Å². The molecule has 1 rings (SSSR count). The summed E-state index contributed by atoms with van der Waals surface area (Å²) in [4.78, 5) is 10.7. The standard InChI is InChI=1S/C10H14N2O3/c1-5-2-6(4-7(11)3-5)8(13)9(14)10(12)15/h2-4,8-9,13-14H,11H2,1H3,(H2,12,15). The van der Waals surface area contributed by atoms with Crippen LogP contribution >= 0.6 is 0 Å². The molecule has 0 aliphatic heterocycles. The Morgan fingerprint density at radius 3 is 2.40 bits per heavy atom. The Bertz CT molecular complexity index is 359. The van der Waals surface area contributed by atoms with E-state index in [0.717, 1.165) is 5.56 Å². The van der Waals surface area contributed by atoms with Gasteiger partial charge in [-0.05, 0) is 30.2 Å². The van der Waals surface area contributed by atoms with Crippen molar-refractivity contribution in [2.45, 2.75) is 19.1 Å². The Morgan fingerprint density at radius 2 is 1.93 bits per heavy atom. The van der Waals surface area contributed by atoms with E-state index in [4.69, 9.17) is 11.5 Å². The fourth-order valence-electron chi connectivity index (χ4n) is 1.35. The molecule has 82 valence electrons. The quantitative estimate of drug-likeness (QED) is 0.502. The van der Waals surface area contributed by atoms with E-state index in [-0.39, 0.29) is 0 Å². The van der Waals surface area contributed by atoms with Crippen LogP contribution in [0.25, 0.3) is 0 Å². The Kier molecular flexibility index (Phi) is 3.28. The molecule has 0 aromatic heterocycles. The first kappa shape index (κ1) is 11.5. The lowest BCUT2D eigenvalue weighted by molar-refractivity contribution is -0.131. The number of aliphatic hydroxyl groups is 2. The molecule has 0 aliphatic carbocycles. The zero-order valence-corrected chi connectivity index (χ0v) is 8.34. The Morgan fingerprint density at radius 1 is 1.33 bits per heavy atom. The fraction of sp³-hybridized carbons (Fsp3) is 0.300. The first-order valence-corrected chi connectivity index (χ1v) is 4.44. The molecule has 0 bridgehead atoms. The van der Waals surface area contributed by atoms with E-state index in [9.17, 15) is 15.0 Å². The molecular formula is C10H14N2O3. The highest BCUT2D eigenvalue weighted by molar-refractivity contribution is 5.79. The molecule has 0 heterocycles. The average molecular weight is 210 g/mol. The van der Waals surface area contributed by atoms with E-state index in [1.165, 1.54) is 6.07 Å². The van der Waals surface area contributed by atoms with Gasteiger partial charge in [0, 0.05) is 5.69 Å². The molecule has 1 aromatic carbocycles. The zero-order valence-electron chi connectivity index (χ0n) is 8.34. The van der Waals surface area contributed by atoms with Crippen molar-refractivity contribution in [2.75, 3.05) is 5.73 Å². The van der Waals surface area contributed by atoms with Gasteiger partial charge in [-0.15, -0.1) is 0 Å². The molecule has 1 amide bonds. The normalized spacial score (nSPS) is 14.6. The number of carbonyl (C=O) groups excluding carboxylic acids is 1. The maximum Gasteiger partial charge on any atom is 0.249 e. The van der Waals surface area contributed by atoms with E-state index >= 15 is 0 Å². The van der Waals surface area contributed by atoms with Crippen molar-refractivity contribution < 1.29 is 15.0 Å². The lowest BCUT2D eigenvalue weighted by Crippen LogP contribution is -2.33. The fourth-order valence-corrected chi connectivity index (χ4v) is 1.35. The van der Waals surface area contributed by atoms with Crippen LogP contribution in [0.15, 0.2) is 18.2 Å². The lowest BCUT2D eigenvalue weighted by Gasteiger charge is -2.16. The van der Waals surface area contributed by atoms with E-state index < -0.39 is 18.1 Å². The van der Waals surface area contributed by atoms with E-state index in [1.807, 2.05) is 0 Å². The number of rotatable bonds is 3. The number of hydrogen-bond acceptors (Lipinski definition) is 4. The molecule has 0 radical (unpaired) electrons. The molecule has 0 fully saturated rings. The molecular weight excluding hydrogens is 196 g/mol. The molecule has 0 aliphatic rings. The highest BCUT2D eigenvalue weighted by atomic mass is 16.3. The molecule has 0 spiro atoms. The number of hydrogen-bond donors (Lipinski definition) is 4. The SMILES string of the molecule is Cc1cc(N)cc(C(O)C(O)C(N)=O)c1. The summed E-state index contributed by atoms with van der Waals surface area (Å²) in [6, 6.07) is 4.84. The van der Waals surface area contributed by atoms with Crippen molar-refractivity contribution in [1.29, 1.82) is 0 Å². The van der Waals surface area contributed by atoms with Crippen molar-refractivity contribution in [3.05, 3.63) is 29.3 Å². The average Bonchev–Trinajstić information content (AvgIpc) is 2.13. The van der Waals surface area contributed by atoms with E-state index in [2.05, 4.69) is 0 Å². The predicted molar refractivity (Wildman–Crippen MR) is 55.8 cm³/mol. The summed E-state index contributed by atoms with van der Waals surface area (Å²) >= 11 is 0. The smallest absolute Gasteiger partial charge is 0.249 e. The van der Waals surface area contributed by atoms with Crippen molar-refractivity contribution in [3.8, 4) is 0 Å². The number of benzene rings is 1. The van der Waals surface area contributed by atoms with Crippen LogP contribution < -0.4 is 11.5 Å². The molecule has 5 heteroatoms. The lowest BCUT2D eigenvalue weighted by atomic mass is 10.0. The van der Waals surface area contributed by atoms with Crippen LogP contribution in [0.1, 0.15) is 17.2 Å². The highest BCUT2D eigenvalue weighted by Crippen LogP contribution is 2.21. The molecule has 15 heavy (non-hydrogen) atoms. The summed E-state index contributed by atoms with van der Waals surface area (Å²) in [5, 5.41) is 18.9. The molecule has 6 N–H and O–H groups in total. The first-order valence-electron chi connectivity index (χ1n) is 4.44. The highest BCUT2D eigenvalue weighted by Gasteiger charge is 2.23. The second kappa shape index (κ2) is 4.29. The Balaban J connectivity index is 3.00. The third-order valence-corrected chi connectivity index (χ3v) is 2.05. The van der Waals surface area contributed by atoms with Gasteiger partial charge in [-0.3, -0.25) is 4.79 Å². The van der Waals surface area contributed by atoms with Crippen LogP contribution in [0, 0.1) is 6.92 Å². The number of aryl methyl sites for hydroxylation is 1. The number of nitrogen functional groups attached to an aromatic ring is 1. The van der Waals surface area contributed by atoms with E-state index in [1.54, 1.807) is 19.1 Å². The zero-order chi connectivity index (χ0) is 11.6. The monoisotopic (exact) mass is 210 g/mol. The Hall–Kier alpha value is -1.59. The maximum absolute atomic E-state index is 10.7. The molecule has 5 nitrogen and oxygen atoms in total. The summed E-state index contributed by atoms with van der Waals surface area (Å²) in [7, 11) is 0. The Labute approximate surface area is 87.3 Å². The largest absolute Gasteiger partial charge is 0.399 e. The van der Waals surface area contributed by atoms with Crippen LogP contribution in [0.5, 0.6) is 0 Å². The molecule has 0 saturated carbocycles. The number of carbonyl (C=O) groups is 1. The van der Waals surface area contributed by atoms with Crippen LogP contribution in [0.4, 0.5) is 5.69 Å². The summed E-state index contributed by atoms with van der Waals surface area (Å²) in [6.07, 6.45) is -2.96. The van der Waals surface area contributed by atoms with Crippen molar-refractivity contribution in [3.63, 3.8) is 0 Å². The minimum absolute atomic E-state index is 0.374. The number of amides is 1. The number of nitrogens with two attached hydrogens (primary N) is 2. The van der Waals surface area contributed by atoms with Crippen molar-refractivity contribution in [1.82, 2.24) is 0 Å². The number of aliphatic hydroxyl groups excluding tert-OH is 2. The summed E-state index contributed by atoms with van der Waals surface area (Å²) in [5.41, 5.74) is 12.1. The first-order chi connectivity index (χ1) is 6.91. The summed E-state index contributed by atoms with van der Waals surface area (Å²) < 4.78 is 0. The third-order valence-electron chi connectivity index (χ3n) is 2.05. The van der Waals surface area contributed by atoms with Gasteiger partial charge in [0.05, 0.1) is 0 Å². The third kappa shape index (κ3) is 2.68. The van der Waals surface area contributed by atoms with Crippen LogP contribution in [-0.2, 0) is 4.79 Å². The van der Waals surface area contributed by atoms with Gasteiger partial charge in [0.25, 0.3) is 0 Å². The molecule has 2 atom stereocenters. The number of anilines is 1. The van der Waals surface area contributed by atoms with Crippen LogP contribution in [-0.4, -0.2) is 22.2 Å². The second-order valence-electron chi connectivity index (χ2n) is 3.47. The topological polar surface area (TPSA) is 110 Å². The number of primary amides is 1. The van der Waals surface area contributed by atoms with Gasteiger partial charge in [-0.2, -0.15) is 0 Å². The molecule has 0 saturated heterocycles. The van der Waals surface area contributed by atoms with Crippen molar-refractivity contribution >= 4 is 11.6 Å². The van der Waals surface area contributed by atoms with Crippen LogP contribution in [0.2, 0.25) is 0 Å². The second-order valence-corrected chi connectivity index (χ2v) is 3.47. The van der Waals surface area contributed by atoms with Gasteiger partial charge >= 0.3 is 0 Å². The maximum atomic E-state index is 10.7.